The van der Waals surface area contributed by atoms with Crippen LogP contribution >= 0.6 is 11.3 Å². The number of nitrogens with zero attached hydrogens (tertiary/aromatic N) is 5. The van der Waals surface area contributed by atoms with Gasteiger partial charge >= 0.3 is 0 Å². The predicted molar refractivity (Wildman–Crippen MR) is 135 cm³/mol. The third-order valence-electron chi connectivity index (χ3n) is 5.44. The smallest absolute Gasteiger partial charge is 0.279 e. The van der Waals surface area contributed by atoms with E-state index in [1.807, 2.05) is 26.0 Å². The summed E-state index contributed by atoms with van der Waals surface area (Å²) in [5.41, 5.74) is 3.61. The topological polar surface area (TPSA) is 119 Å². The molecule has 1 aromatic heterocycles. The number of hydrogen-bond donors (Lipinski definition) is 0. The summed E-state index contributed by atoms with van der Waals surface area (Å²) in [7, 11) is -3.90. The van der Waals surface area contributed by atoms with Crippen molar-refractivity contribution < 1.29 is 13.2 Å². The lowest BCUT2D eigenvalue weighted by Gasteiger charge is -2.20. The van der Waals surface area contributed by atoms with Gasteiger partial charge in [0.25, 0.3) is 5.91 Å². The van der Waals surface area contributed by atoms with Crippen molar-refractivity contribution >= 4 is 37.5 Å². The van der Waals surface area contributed by atoms with E-state index in [1.165, 1.54) is 35.6 Å². The van der Waals surface area contributed by atoms with Crippen LogP contribution < -0.4 is 4.80 Å². The van der Waals surface area contributed by atoms with Crippen molar-refractivity contribution in [3.63, 3.8) is 0 Å². The fraction of sp³-hybridized carbons (Fsp3) is 0.360. The summed E-state index contributed by atoms with van der Waals surface area (Å²) >= 11 is 1.47. The lowest BCUT2D eigenvalue weighted by Crippen LogP contribution is -2.32. The minimum absolute atomic E-state index is 0.000983. The number of carbonyl (C=O) groups excluding carboxylic acids is 1. The fourth-order valence-electron chi connectivity index (χ4n) is 3.81. The number of amides is 1. The summed E-state index contributed by atoms with van der Waals surface area (Å²) in [6, 6.07) is 13.7. The molecule has 0 bridgehead atoms. The molecule has 3 aromatic rings. The van der Waals surface area contributed by atoms with E-state index in [0.717, 1.165) is 38.6 Å². The number of rotatable bonds is 9. The van der Waals surface area contributed by atoms with Crippen molar-refractivity contribution in [1.82, 2.24) is 8.87 Å². The zero-order valence-electron chi connectivity index (χ0n) is 20.0. The molecule has 1 amide bonds. The van der Waals surface area contributed by atoms with Crippen LogP contribution in [0.2, 0.25) is 0 Å². The van der Waals surface area contributed by atoms with Crippen LogP contribution in [0.5, 0.6) is 0 Å². The maximum absolute atomic E-state index is 13.0. The van der Waals surface area contributed by atoms with E-state index in [9.17, 15) is 13.2 Å². The van der Waals surface area contributed by atoms with Crippen molar-refractivity contribution in [2.24, 2.45) is 4.99 Å². The minimum Gasteiger partial charge on any atom is -0.316 e. The Kier molecular flexibility index (Phi) is 8.57. The molecule has 0 saturated heterocycles. The van der Waals surface area contributed by atoms with E-state index in [4.69, 9.17) is 10.5 Å². The maximum atomic E-state index is 13.0. The molecule has 10 heteroatoms. The standard InChI is InChI=1S/C25H27N5O3S2/c1-4-13-30-22-17-18(2)16-19(3)23(22)34-25(30)28-24(31)20-7-9-21(10-8-20)35(32,33)29(14-5-11-26)15-6-12-27/h7-10,16-17H,4-6,13-15H2,1-3H3. The Hall–Kier alpha value is -3.31. The Morgan fingerprint density at radius 2 is 1.71 bits per heavy atom. The minimum atomic E-state index is -3.90. The average molecular weight is 510 g/mol. The summed E-state index contributed by atoms with van der Waals surface area (Å²) < 4.78 is 30.2. The predicted octanol–water partition coefficient (Wildman–Crippen LogP) is 4.29. The van der Waals surface area contributed by atoms with Gasteiger partial charge in [0.2, 0.25) is 10.0 Å². The highest BCUT2D eigenvalue weighted by Gasteiger charge is 2.24. The molecular weight excluding hydrogens is 482 g/mol. The van der Waals surface area contributed by atoms with Crippen LogP contribution in [0.25, 0.3) is 10.2 Å². The van der Waals surface area contributed by atoms with E-state index in [2.05, 4.69) is 28.6 Å². The molecular formula is C25H27N5O3S2. The highest BCUT2D eigenvalue weighted by atomic mass is 32.2. The van der Waals surface area contributed by atoms with Gasteiger partial charge in [-0.25, -0.2) is 8.42 Å². The second kappa shape index (κ2) is 11.4. The molecule has 0 N–H and O–H groups in total. The summed E-state index contributed by atoms with van der Waals surface area (Å²) in [5.74, 6) is -0.453. The molecule has 0 atom stereocenters. The quantitative estimate of drug-likeness (QED) is 0.426. The lowest BCUT2D eigenvalue weighted by molar-refractivity contribution is 0.0997. The van der Waals surface area contributed by atoms with Gasteiger partial charge in [-0.05, 0) is 61.7 Å². The average Bonchev–Trinajstić information content (AvgIpc) is 3.16. The molecule has 0 spiro atoms. The second-order valence-corrected chi connectivity index (χ2v) is 11.0. The summed E-state index contributed by atoms with van der Waals surface area (Å²) in [5, 5.41) is 17.7. The molecule has 3 rings (SSSR count). The van der Waals surface area contributed by atoms with Crippen molar-refractivity contribution in [2.75, 3.05) is 13.1 Å². The molecule has 0 aliphatic carbocycles. The molecule has 0 aliphatic rings. The van der Waals surface area contributed by atoms with E-state index >= 15 is 0 Å². The molecule has 0 saturated carbocycles. The van der Waals surface area contributed by atoms with Gasteiger partial charge in [0.05, 0.1) is 27.3 Å². The SMILES string of the molecule is CCCn1c(=NC(=O)c2ccc(S(=O)(=O)N(CCC#N)CCC#N)cc2)sc2c(C)cc(C)cc21. The first-order chi connectivity index (χ1) is 16.7. The summed E-state index contributed by atoms with van der Waals surface area (Å²) in [6.45, 7) is 6.88. The van der Waals surface area contributed by atoms with Crippen LogP contribution in [0.3, 0.4) is 0 Å². The number of nitriles is 2. The van der Waals surface area contributed by atoms with Crippen molar-refractivity contribution in [3.8, 4) is 12.1 Å². The largest absolute Gasteiger partial charge is 0.316 e. The maximum Gasteiger partial charge on any atom is 0.279 e. The van der Waals surface area contributed by atoms with Crippen molar-refractivity contribution in [3.05, 3.63) is 57.9 Å². The van der Waals surface area contributed by atoms with Gasteiger partial charge < -0.3 is 4.57 Å². The Morgan fingerprint density at radius 3 is 2.29 bits per heavy atom. The zero-order valence-corrected chi connectivity index (χ0v) is 21.6. The van der Waals surface area contributed by atoms with Crippen LogP contribution in [0.4, 0.5) is 0 Å². The Labute approximate surface area is 209 Å². The first-order valence-corrected chi connectivity index (χ1v) is 13.5. The number of benzene rings is 2. The molecule has 1 heterocycles. The molecule has 0 radical (unpaired) electrons. The van der Waals surface area contributed by atoms with Gasteiger partial charge in [0.15, 0.2) is 4.80 Å². The van der Waals surface area contributed by atoms with Gasteiger partial charge in [0.1, 0.15) is 0 Å². The fourth-order valence-corrected chi connectivity index (χ4v) is 6.36. The van der Waals surface area contributed by atoms with Gasteiger partial charge in [-0.1, -0.05) is 24.3 Å². The molecule has 182 valence electrons. The number of fused-ring (bicyclic) bond motifs is 1. The molecule has 35 heavy (non-hydrogen) atoms. The zero-order chi connectivity index (χ0) is 25.6. The lowest BCUT2D eigenvalue weighted by atomic mass is 10.1. The number of hydrogen-bond acceptors (Lipinski definition) is 6. The van der Waals surface area contributed by atoms with Crippen molar-refractivity contribution in [2.45, 2.75) is 51.5 Å². The van der Waals surface area contributed by atoms with E-state index in [-0.39, 0.29) is 36.4 Å². The molecule has 0 unspecified atom stereocenters. The van der Waals surface area contributed by atoms with Gasteiger partial charge in [0, 0.05) is 38.0 Å². The molecule has 2 aromatic carbocycles. The van der Waals surface area contributed by atoms with Crippen molar-refractivity contribution in [1.29, 1.82) is 10.5 Å². The van der Waals surface area contributed by atoms with Crippen LogP contribution in [-0.4, -0.2) is 36.3 Å². The number of aromatic nitrogens is 1. The Balaban J connectivity index is 1.95. The van der Waals surface area contributed by atoms with Gasteiger partial charge in [-0.15, -0.1) is 0 Å². The number of sulfonamides is 1. The first-order valence-electron chi connectivity index (χ1n) is 11.3. The monoisotopic (exact) mass is 509 g/mol. The van der Waals surface area contributed by atoms with Gasteiger partial charge in [-0.2, -0.15) is 19.8 Å². The molecule has 8 nitrogen and oxygen atoms in total. The third kappa shape index (κ3) is 5.85. The summed E-state index contributed by atoms with van der Waals surface area (Å²) in [4.78, 5) is 18.0. The highest BCUT2D eigenvalue weighted by Crippen LogP contribution is 2.24. The van der Waals surface area contributed by atoms with E-state index in [0.29, 0.717) is 4.80 Å². The second-order valence-electron chi connectivity index (χ2n) is 8.13. The highest BCUT2D eigenvalue weighted by molar-refractivity contribution is 7.89. The third-order valence-corrected chi connectivity index (χ3v) is 8.59. The molecule has 0 fully saturated rings. The van der Waals surface area contributed by atoms with Crippen LogP contribution in [0, 0.1) is 36.5 Å². The molecule has 0 aliphatic heterocycles. The van der Waals surface area contributed by atoms with Gasteiger partial charge in [-0.3, -0.25) is 4.79 Å². The summed E-state index contributed by atoms with van der Waals surface area (Å²) in [6.07, 6.45) is 0.929. The van der Waals surface area contributed by atoms with Crippen LogP contribution in [0.1, 0.15) is 47.7 Å². The number of thiazole rings is 1. The first kappa shape index (κ1) is 26.3. The number of aryl methyl sites for hydroxylation is 3. The Morgan fingerprint density at radius 1 is 1.09 bits per heavy atom. The van der Waals surface area contributed by atoms with E-state index in [1.54, 1.807) is 0 Å². The van der Waals surface area contributed by atoms with Crippen LogP contribution in [-0.2, 0) is 16.6 Å². The van der Waals surface area contributed by atoms with Crippen LogP contribution in [0.15, 0.2) is 46.3 Å². The van der Waals surface area contributed by atoms with E-state index < -0.39 is 15.9 Å². The normalized spacial score (nSPS) is 12.1. The Bertz CT molecular complexity index is 1470. The number of carbonyl (C=O) groups is 1.